The summed E-state index contributed by atoms with van der Waals surface area (Å²) in [7, 11) is -3.66. The fourth-order valence-corrected chi connectivity index (χ4v) is 6.35. The molecule has 8 heteroatoms. The van der Waals surface area contributed by atoms with Gasteiger partial charge in [-0.1, -0.05) is 69.2 Å². The first-order chi connectivity index (χ1) is 16.3. The Hall–Kier alpha value is -2.68. The Morgan fingerprint density at radius 3 is 2.12 bits per heavy atom. The molecule has 1 aromatic heterocycles. The second kappa shape index (κ2) is 12.1. The number of hydrogen-bond acceptors (Lipinski definition) is 5. The SMILES string of the molecule is CC(C)c1ccc(-c2ccc(N(CCCCCCC(=O)NO)S(=O)(=O)c3cccs3)cc2)cc1. The maximum atomic E-state index is 13.4. The summed E-state index contributed by atoms with van der Waals surface area (Å²) in [6, 6.07) is 19.5. The van der Waals surface area contributed by atoms with E-state index in [0.29, 0.717) is 35.2 Å². The van der Waals surface area contributed by atoms with Crippen LogP contribution in [0.2, 0.25) is 0 Å². The van der Waals surface area contributed by atoms with Gasteiger partial charge in [0.25, 0.3) is 10.0 Å². The van der Waals surface area contributed by atoms with Crippen LogP contribution in [0.15, 0.2) is 70.3 Å². The minimum atomic E-state index is -3.66. The number of thiophene rings is 1. The van der Waals surface area contributed by atoms with Gasteiger partial charge in [0.1, 0.15) is 4.21 Å². The van der Waals surface area contributed by atoms with E-state index in [4.69, 9.17) is 5.21 Å². The van der Waals surface area contributed by atoms with Gasteiger partial charge in [-0.3, -0.25) is 14.3 Å². The van der Waals surface area contributed by atoms with E-state index in [1.165, 1.54) is 21.2 Å². The Morgan fingerprint density at radius 1 is 0.941 bits per heavy atom. The van der Waals surface area contributed by atoms with Crippen molar-refractivity contribution in [2.24, 2.45) is 0 Å². The highest BCUT2D eigenvalue weighted by atomic mass is 32.2. The molecule has 0 aliphatic rings. The van der Waals surface area contributed by atoms with Gasteiger partial charge in [0.05, 0.1) is 5.69 Å². The molecule has 0 radical (unpaired) electrons. The monoisotopic (exact) mass is 500 g/mol. The largest absolute Gasteiger partial charge is 0.289 e. The van der Waals surface area contributed by atoms with Crippen molar-refractivity contribution in [1.82, 2.24) is 5.48 Å². The molecule has 0 atom stereocenters. The predicted octanol–water partition coefficient (Wildman–Crippen LogP) is 6.19. The van der Waals surface area contributed by atoms with Gasteiger partial charge in [-0.05, 0) is 59.0 Å². The molecule has 2 N–H and O–H groups in total. The Balaban J connectivity index is 1.74. The molecule has 0 spiro atoms. The van der Waals surface area contributed by atoms with Crippen LogP contribution in [0.3, 0.4) is 0 Å². The number of carbonyl (C=O) groups is 1. The highest BCUT2D eigenvalue weighted by molar-refractivity contribution is 7.94. The summed E-state index contributed by atoms with van der Waals surface area (Å²) in [5.41, 5.74) is 5.68. The number of amides is 1. The third-order valence-corrected chi connectivity index (χ3v) is 8.95. The number of carbonyl (C=O) groups excluding carboxylic acids is 1. The molecule has 0 aliphatic carbocycles. The van der Waals surface area contributed by atoms with E-state index in [9.17, 15) is 13.2 Å². The van der Waals surface area contributed by atoms with E-state index in [1.807, 2.05) is 24.3 Å². The Kier molecular flexibility index (Phi) is 9.27. The molecule has 6 nitrogen and oxygen atoms in total. The summed E-state index contributed by atoms with van der Waals surface area (Å²) < 4.78 is 28.5. The number of hydrogen-bond donors (Lipinski definition) is 2. The van der Waals surface area contributed by atoms with Crippen LogP contribution in [-0.2, 0) is 14.8 Å². The highest BCUT2D eigenvalue weighted by Crippen LogP contribution is 2.30. The summed E-state index contributed by atoms with van der Waals surface area (Å²) in [6.07, 6.45) is 3.15. The summed E-state index contributed by atoms with van der Waals surface area (Å²) >= 11 is 1.21. The van der Waals surface area contributed by atoms with Gasteiger partial charge in [-0.25, -0.2) is 13.9 Å². The predicted molar refractivity (Wildman–Crippen MR) is 138 cm³/mol. The van der Waals surface area contributed by atoms with E-state index in [0.717, 1.165) is 24.0 Å². The average Bonchev–Trinajstić information content (AvgIpc) is 3.39. The third kappa shape index (κ3) is 6.68. The van der Waals surface area contributed by atoms with E-state index >= 15 is 0 Å². The lowest BCUT2D eigenvalue weighted by atomic mass is 9.99. The number of nitrogens with one attached hydrogen (secondary N) is 1. The minimum Gasteiger partial charge on any atom is -0.289 e. The first-order valence-corrected chi connectivity index (χ1v) is 13.8. The fraction of sp³-hybridized carbons (Fsp3) is 0.346. The molecule has 0 fully saturated rings. The van der Waals surface area contributed by atoms with E-state index in [2.05, 4.69) is 38.1 Å². The number of nitrogens with zero attached hydrogens (tertiary/aromatic N) is 1. The molecule has 0 saturated carbocycles. The molecule has 2 aromatic carbocycles. The Labute approximate surface area is 206 Å². The van der Waals surface area contributed by atoms with Gasteiger partial charge >= 0.3 is 0 Å². The summed E-state index contributed by atoms with van der Waals surface area (Å²) in [6.45, 7) is 4.69. The molecule has 1 amide bonds. The van der Waals surface area contributed by atoms with Crippen LogP contribution in [0.4, 0.5) is 5.69 Å². The number of hydroxylamine groups is 1. The molecule has 0 saturated heterocycles. The van der Waals surface area contributed by atoms with Crippen LogP contribution in [0.25, 0.3) is 11.1 Å². The van der Waals surface area contributed by atoms with Crippen molar-refractivity contribution in [2.45, 2.75) is 56.1 Å². The molecule has 3 aromatic rings. The van der Waals surface area contributed by atoms with Crippen molar-refractivity contribution in [3.05, 3.63) is 71.6 Å². The molecule has 0 bridgehead atoms. The molecule has 0 aliphatic heterocycles. The number of anilines is 1. The van der Waals surface area contributed by atoms with E-state index < -0.39 is 15.9 Å². The molecule has 3 rings (SSSR count). The number of rotatable bonds is 12. The van der Waals surface area contributed by atoms with Gasteiger partial charge in [-0.2, -0.15) is 0 Å². The van der Waals surface area contributed by atoms with Crippen LogP contribution in [0, 0.1) is 0 Å². The van der Waals surface area contributed by atoms with Crippen molar-refractivity contribution < 1.29 is 18.4 Å². The molecule has 182 valence electrons. The maximum absolute atomic E-state index is 13.4. The summed E-state index contributed by atoms with van der Waals surface area (Å²) in [4.78, 5) is 11.1. The first kappa shape index (κ1) is 25.9. The van der Waals surface area contributed by atoms with Crippen molar-refractivity contribution in [3.8, 4) is 11.1 Å². The van der Waals surface area contributed by atoms with E-state index in [-0.39, 0.29) is 6.42 Å². The zero-order valence-electron chi connectivity index (χ0n) is 19.6. The fourth-order valence-electron chi connectivity index (χ4n) is 3.74. The molecule has 1 heterocycles. The van der Waals surface area contributed by atoms with Crippen molar-refractivity contribution >= 4 is 33.0 Å². The normalized spacial score (nSPS) is 11.5. The van der Waals surface area contributed by atoms with Crippen molar-refractivity contribution in [2.75, 3.05) is 10.8 Å². The van der Waals surface area contributed by atoms with Gasteiger partial charge in [-0.15, -0.1) is 11.3 Å². The number of benzene rings is 2. The first-order valence-electron chi connectivity index (χ1n) is 11.5. The molecule has 0 unspecified atom stereocenters. The number of unbranched alkanes of at least 4 members (excludes halogenated alkanes) is 3. The Morgan fingerprint density at radius 2 is 1.56 bits per heavy atom. The molecule has 34 heavy (non-hydrogen) atoms. The minimum absolute atomic E-state index is 0.257. The lowest BCUT2D eigenvalue weighted by Crippen LogP contribution is -2.31. The lowest BCUT2D eigenvalue weighted by Gasteiger charge is -2.24. The third-order valence-electron chi connectivity index (χ3n) is 5.75. The maximum Gasteiger partial charge on any atom is 0.273 e. The van der Waals surface area contributed by atoms with Crippen LogP contribution in [-0.4, -0.2) is 26.1 Å². The highest BCUT2D eigenvalue weighted by Gasteiger charge is 2.25. The van der Waals surface area contributed by atoms with Gasteiger partial charge in [0.2, 0.25) is 5.91 Å². The second-order valence-corrected chi connectivity index (χ2v) is 11.6. The van der Waals surface area contributed by atoms with Gasteiger partial charge in [0, 0.05) is 13.0 Å². The Bertz CT molecular complexity index is 1140. The standard InChI is InChI=1S/C26H32N2O4S2/c1-20(2)21-10-12-22(13-11-21)23-14-16-24(17-15-23)28(34(31,32)26-9-7-19-33-26)18-6-4-3-5-8-25(29)27-30/h7,9-17,19-20,30H,3-6,8,18H2,1-2H3,(H,27,29). The van der Waals surface area contributed by atoms with Crippen LogP contribution >= 0.6 is 11.3 Å². The lowest BCUT2D eigenvalue weighted by molar-refractivity contribution is -0.129. The second-order valence-electron chi connectivity index (χ2n) is 8.53. The van der Waals surface area contributed by atoms with Crippen LogP contribution < -0.4 is 9.79 Å². The van der Waals surface area contributed by atoms with Crippen molar-refractivity contribution in [3.63, 3.8) is 0 Å². The number of sulfonamides is 1. The van der Waals surface area contributed by atoms with Crippen molar-refractivity contribution in [1.29, 1.82) is 0 Å². The zero-order valence-corrected chi connectivity index (χ0v) is 21.2. The van der Waals surface area contributed by atoms with Gasteiger partial charge in [0.15, 0.2) is 0 Å². The van der Waals surface area contributed by atoms with Crippen LogP contribution in [0.5, 0.6) is 0 Å². The average molecular weight is 501 g/mol. The summed E-state index contributed by atoms with van der Waals surface area (Å²) in [5, 5.41) is 10.3. The molecular weight excluding hydrogens is 468 g/mol. The van der Waals surface area contributed by atoms with Crippen LogP contribution in [0.1, 0.15) is 57.4 Å². The quantitative estimate of drug-likeness (QED) is 0.176. The van der Waals surface area contributed by atoms with E-state index in [1.54, 1.807) is 23.0 Å². The molecular formula is C26H32N2O4S2. The zero-order chi connectivity index (χ0) is 24.6. The smallest absolute Gasteiger partial charge is 0.273 e. The summed E-state index contributed by atoms with van der Waals surface area (Å²) in [5.74, 6) is 0.0695. The van der Waals surface area contributed by atoms with Gasteiger partial charge < -0.3 is 0 Å². The topological polar surface area (TPSA) is 86.7 Å².